The summed E-state index contributed by atoms with van der Waals surface area (Å²) in [6, 6.07) is 0. The van der Waals surface area contributed by atoms with Gasteiger partial charge in [-0.05, 0) is 11.3 Å². The maximum atomic E-state index is 5.60. The zero-order chi connectivity index (χ0) is 8.82. The number of rotatable bonds is 1. The minimum absolute atomic E-state index is 0.168. The van der Waals surface area contributed by atoms with Gasteiger partial charge in [-0.1, -0.05) is 20.8 Å². The lowest BCUT2D eigenvalue weighted by molar-refractivity contribution is -0.267. The number of hydrogen-bond acceptors (Lipinski definition) is 2. The van der Waals surface area contributed by atoms with Gasteiger partial charge in [-0.3, -0.25) is 0 Å². The van der Waals surface area contributed by atoms with E-state index in [1.807, 2.05) is 0 Å². The molecule has 0 aromatic rings. The van der Waals surface area contributed by atoms with E-state index in [9.17, 15) is 0 Å². The highest BCUT2D eigenvalue weighted by atomic mass is 16.7. The van der Waals surface area contributed by atoms with Gasteiger partial charge in [-0.2, -0.15) is 0 Å². The Hall–Kier alpha value is -0.0800. The molecule has 1 spiro atoms. The molecule has 12 heavy (non-hydrogen) atoms. The first-order valence-corrected chi connectivity index (χ1v) is 4.84. The van der Waals surface area contributed by atoms with Crippen LogP contribution in [0.4, 0.5) is 0 Å². The molecular weight excluding hydrogens is 152 g/mol. The lowest BCUT2D eigenvalue weighted by atomic mass is 9.60. The van der Waals surface area contributed by atoms with Crippen molar-refractivity contribution in [2.24, 2.45) is 11.3 Å². The van der Waals surface area contributed by atoms with Gasteiger partial charge in [-0.15, -0.1) is 0 Å². The van der Waals surface area contributed by atoms with E-state index in [4.69, 9.17) is 9.47 Å². The molecule has 2 aliphatic rings. The van der Waals surface area contributed by atoms with Crippen molar-refractivity contribution in [3.05, 3.63) is 0 Å². The highest BCUT2D eigenvalue weighted by molar-refractivity contribution is 5.00. The Kier molecular flexibility index (Phi) is 1.74. The van der Waals surface area contributed by atoms with Gasteiger partial charge in [0.15, 0.2) is 5.79 Å². The second kappa shape index (κ2) is 2.46. The molecule has 0 atom stereocenters. The van der Waals surface area contributed by atoms with E-state index in [1.165, 1.54) is 0 Å². The summed E-state index contributed by atoms with van der Waals surface area (Å²) in [6.45, 7) is 8.46. The van der Waals surface area contributed by atoms with E-state index in [0.29, 0.717) is 5.41 Å². The Bertz CT molecular complexity index is 170. The first-order valence-electron chi connectivity index (χ1n) is 4.84. The standard InChI is InChI=1S/C10H18O2/c1-8(2)9(3)6-10(7-9)11-4-5-12-10/h8H,4-7H2,1-3H3. The van der Waals surface area contributed by atoms with Crippen LogP contribution in [0, 0.1) is 11.3 Å². The Morgan fingerprint density at radius 1 is 1.08 bits per heavy atom. The molecule has 2 nitrogen and oxygen atoms in total. The molecule has 0 amide bonds. The predicted molar refractivity (Wildman–Crippen MR) is 46.8 cm³/mol. The molecule has 0 N–H and O–H groups in total. The summed E-state index contributed by atoms with van der Waals surface area (Å²) in [5.74, 6) is 0.565. The van der Waals surface area contributed by atoms with Crippen molar-refractivity contribution in [2.45, 2.75) is 39.4 Å². The van der Waals surface area contributed by atoms with Gasteiger partial charge < -0.3 is 9.47 Å². The third kappa shape index (κ3) is 1.09. The average molecular weight is 170 g/mol. The van der Waals surface area contributed by atoms with E-state index in [0.717, 1.165) is 32.0 Å². The lowest BCUT2D eigenvalue weighted by Crippen LogP contribution is -2.53. The van der Waals surface area contributed by atoms with Gasteiger partial charge in [-0.25, -0.2) is 0 Å². The maximum Gasteiger partial charge on any atom is 0.169 e. The van der Waals surface area contributed by atoms with Crippen molar-refractivity contribution in [1.29, 1.82) is 0 Å². The SMILES string of the molecule is CC(C)C1(C)CC2(C1)OCCO2. The molecule has 1 saturated heterocycles. The Morgan fingerprint density at radius 3 is 2.00 bits per heavy atom. The summed E-state index contributed by atoms with van der Waals surface area (Å²) < 4.78 is 11.2. The fraction of sp³-hybridized carbons (Fsp3) is 1.00. The van der Waals surface area contributed by atoms with Gasteiger partial charge in [0, 0.05) is 12.8 Å². The fourth-order valence-corrected chi connectivity index (χ4v) is 2.29. The van der Waals surface area contributed by atoms with E-state index >= 15 is 0 Å². The van der Waals surface area contributed by atoms with Crippen molar-refractivity contribution >= 4 is 0 Å². The molecule has 70 valence electrons. The van der Waals surface area contributed by atoms with Crippen LogP contribution < -0.4 is 0 Å². The van der Waals surface area contributed by atoms with Crippen LogP contribution in [-0.2, 0) is 9.47 Å². The van der Waals surface area contributed by atoms with Crippen molar-refractivity contribution < 1.29 is 9.47 Å². The number of hydrogen-bond donors (Lipinski definition) is 0. The van der Waals surface area contributed by atoms with Gasteiger partial charge >= 0.3 is 0 Å². The highest BCUT2D eigenvalue weighted by Crippen LogP contribution is 2.56. The maximum absolute atomic E-state index is 5.60. The molecule has 0 radical (unpaired) electrons. The first-order chi connectivity index (χ1) is 5.56. The third-order valence-corrected chi connectivity index (χ3v) is 3.55. The molecule has 2 fully saturated rings. The van der Waals surface area contributed by atoms with Crippen LogP contribution in [0.5, 0.6) is 0 Å². The summed E-state index contributed by atoms with van der Waals surface area (Å²) in [6.07, 6.45) is 2.16. The Labute approximate surface area is 74.2 Å². The molecule has 2 heteroatoms. The van der Waals surface area contributed by atoms with E-state index in [1.54, 1.807) is 0 Å². The summed E-state index contributed by atoms with van der Waals surface area (Å²) in [5.41, 5.74) is 0.449. The van der Waals surface area contributed by atoms with Gasteiger partial charge in [0.1, 0.15) is 0 Å². The molecule has 0 aromatic carbocycles. The minimum atomic E-state index is -0.168. The predicted octanol–water partition coefficient (Wildman–Crippen LogP) is 2.19. The van der Waals surface area contributed by atoms with Crippen molar-refractivity contribution in [3.63, 3.8) is 0 Å². The summed E-state index contributed by atoms with van der Waals surface area (Å²) in [5, 5.41) is 0. The molecule has 0 bridgehead atoms. The lowest BCUT2D eigenvalue weighted by Gasteiger charge is -2.53. The second-order valence-corrected chi connectivity index (χ2v) is 4.77. The third-order valence-electron chi connectivity index (χ3n) is 3.55. The van der Waals surface area contributed by atoms with E-state index < -0.39 is 0 Å². The summed E-state index contributed by atoms with van der Waals surface area (Å²) in [4.78, 5) is 0. The average Bonchev–Trinajstić information content (AvgIpc) is 2.34. The van der Waals surface area contributed by atoms with Crippen LogP contribution in [0.1, 0.15) is 33.6 Å². The minimum Gasteiger partial charge on any atom is -0.347 e. The zero-order valence-corrected chi connectivity index (χ0v) is 8.22. The van der Waals surface area contributed by atoms with Crippen LogP contribution in [0.15, 0.2) is 0 Å². The normalized spacial score (nSPS) is 31.0. The molecule has 1 aliphatic heterocycles. The van der Waals surface area contributed by atoms with Crippen LogP contribution >= 0.6 is 0 Å². The summed E-state index contributed by atoms with van der Waals surface area (Å²) >= 11 is 0. The topological polar surface area (TPSA) is 18.5 Å². The van der Waals surface area contributed by atoms with Crippen molar-refractivity contribution in [1.82, 2.24) is 0 Å². The largest absolute Gasteiger partial charge is 0.347 e. The van der Waals surface area contributed by atoms with Crippen molar-refractivity contribution in [3.8, 4) is 0 Å². The summed E-state index contributed by atoms with van der Waals surface area (Å²) in [7, 11) is 0. The van der Waals surface area contributed by atoms with Gasteiger partial charge in [0.25, 0.3) is 0 Å². The van der Waals surface area contributed by atoms with Crippen LogP contribution in [0.3, 0.4) is 0 Å². The molecule has 0 unspecified atom stereocenters. The molecule has 0 aromatic heterocycles. The van der Waals surface area contributed by atoms with Crippen LogP contribution in [0.2, 0.25) is 0 Å². The smallest absolute Gasteiger partial charge is 0.169 e. The first kappa shape index (κ1) is 8.52. The zero-order valence-electron chi connectivity index (χ0n) is 8.22. The van der Waals surface area contributed by atoms with E-state index in [2.05, 4.69) is 20.8 Å². The monoisotopic (exact) mass is 170 g/mol. The Morgan fingerprint density at radius 2 is 1.58 bits per heavy atom. The van der Waals surface area contributed by atoms with Crippen molar-refractivity contribution in [2.75, 3.05) is 13.2 Å². The molecule has 2 rings (SSSR count). The van der Waals surface area contributed by atoms with E-state index in [-0.39, 0.29) is 5.79 Å². The molecular formula is C10H18O2. The molecule has 1 heterocycles. The van der Waals surface area contributed by atoms with Crippen LogP contribution in [-0.4, -0.2) is 19.0 Å². The molecule has 1 aliphatic carbocycles. The van der Waals surface area contributed by atoms with Gasteiger partial charge in [0.05, 0.1) is 13.2 Å². The fourth-order valence-electron chi connectivity index (χ4n) is 2.29. The van der Waals surface area contributed by atoms with Gasteiger partial charge in [0.2, 0.25) is 0 Å². The van der Waals surface area contributed by atoms with Crippen LogP contribution in [0.25, 0.3) is 0 Å². The number of ether oxygens (including phenoxy) is 2. The molecule has 1 saturated carbocycles. The second-order valence-electron chi connectivity index (χ2n) is 4.77. The quantitative estimate of drug-likeness (QED) is 0.600. The Balaban J connectivity index is 1.97. The highest BCUT2D eigenvalue weighted by Gasteiger charge is 2.56.